The molecule has 13 heteroatoms. The molecule has 0 atom stereocenters. The number of hydrogen-bond donors (Lipinski definition) is 1. The first-order valence-electron chi connectivity index (χ1n) is 11.3. The quantitative estimate of drug-likeness (QED) is 0.306. The Hall–Kier alpha value is -4.55. The highest BCUT2D eigenvalue weighted by atomic mass is 35.5. The van der Waals surface area contributed by atoms with Crippen LogP contribution >= 0.6 is 11.6 Å². The SMILES string of the molecule is COc1cc(-c2cc(Cl)cnc2OC)c(F)cc1-n1c(=O)ccc2cc(S(=O)(=O)Nc3cccnn3)ccc21. The van der Waals surface area contributed by atoms with Gasteiger partial charge < -0.3 is 9.47 Å². The molecular formula is C26H19ClFN5O5S. The maximum atomic E-state index is 15.5. The van der Waals surface area contributed by atoms with Gasteiger partial charge in [-0.25, -0.2) is 17.8 Å². The minimum Gasteiger partial charge on any atom is -0.495 e. The van der Waals surface area contributed by atoms with E-state index in [0.717, 1.165) is 6.07 Å². The Morgan fingerprint density at radius 2 is 1.82 bits per heavy atom. The zero-order chi connectivity index (χ0) is 27.7. The average molecular weight is 568 g/mol. The van der Waals surface area contributed by atoms with Gasteiger partial charge in [-0.1, -0.05) is 11.6 Å². The number of fused-ring (bicyclic) bond motifs is 1. The number of aromatic nitrogens is 4. The molecule has 0 bridgehead atoms. The summed E-state index contributed by atoms with van der Waals surface area (Å²) in [6.45, 7) is 0. The van der Waals surface area contributed by atoms with Gasteiger partial charge in [0.25, 0.3) is 15.6 Å². The molecule has 0 unspecified atom stereocenters. The molecule has 0 amide bonds. The predicted octanol–water partition coefficient (Wildman–Crippen LogP) is 4.45. The lowest BCUT2D eigenvalue weighted by Crippen LogP contribution is -2.19. The van der Waals surface area contributed by atoms with Crippen LogP contribution in [0.4, 0.5) is 10.2 Å². The highest BCUT2D eigenvalue weighted by Gasteiger charge is 2.21. The smallest absolute Gasteiger partial charge is 0.263 e. The van der Waals surface area contributed by atoms with Crippen molar-refractivity contribution >= 4 is 38.3 Å². The van der Waals surface area contributed by atoms with Crippen LogP contribution in [0.25, 0.3) is 27.7 Å². The van der Waals surface area contributed by atoms with Crippen LogP contribution in [0, 0.1) is 5.82 Å². The summed E-state index contributed by atoms with van der Waals surface area (Å²) in [7, 11) is -1.23. The number of sulfonamides is 1. The molecule has 3 aromatic heterocycles. The van der Waals surface area contributed by atoms with Gasteiger partial charge in [0.1, 0.15) is 11.6 Å². The van der Waals surface area contributed by atoms with Gasteiger partial charge in [0, 0.05) is 41.0 Å². The topological polar surface area (TPSA) is 125 Å². The summed E-state index contributed by atoms with van der Waals surface area (Å²) in [5.41, 5.74) is 0.343. The maximum absolute atomic E-state index is 15.5. The average Bonchev–Trinajstić information content (AvgIpc) is 2.93. The number of anilines is 1. The number of benzene rings is 2. The highest BCUT2D eigenvalue weighted by Crippen LogP contribution is 2.37. The van der Waals surface area contributed by atoms with E-state index in [9.17, 15) is 13.2 Å². The standard InChI is InChI=1S/C26H19ClFN5O5S/c1-37-23-12-18(19-11-16(27)14-29-26(19)38-2)20(28)13-22(23)33-21-7-6-17(10-15(21)5-8-25(33)34)39(35,36)32-24-4-3-9-30-31-24/h3-14H,1-2H3,(H,31,32). The van der Waals surface area contributed by atoms with Crippen LogP contribution in [-0.4, -0.2) is 42.4 Å². The van der Waals surface area contributed by atoms with Gasteiger partial charge in [0.05, 0.1) is 35.3 Å². The van der Waals surface area contributed by atoms with Gasteiger partial charge in [0.15, 0.2) is 5.82 Å². The Morgan fingerprint density at radius 3 is 2.54 bits per heavy atom. The van der Waals surface area contributed by atoms with E-state index in [0.29, 0.717) is 16.5 Å². The molecule has 0 saturated carbocycles. The molecule has 0 aliphatic carbocycles. The molecule has 0 spiro atoms. The molecule has 3 heterocycles. The first kappa shape index (κ1) is 26.1. The van der Waals surface area contributed by atoms with Crippen molar-refractivity contribution in [2.45, 2.75) is 4.90 Å². The van der Waals surface area contributed by atoms with E-state index < -0.39 is 21.4 Å². The first-order chi connectivity index (χ1) is 18.7. The van der Waals surface area contributed by atoms with Gasteiger partial charge in [-0.05, 0) is 48.5 Å². The molecule has 10 nitrogen and oxygen atoms in total. The Morgan fingerprint density at radius 1 is 1.00 bits per heavy atom. The molecule has 0 fully saturated rings. The van der Waals surface area contributed by atoms with Gasteiger partial charge in [-0.15, -0.1) is 5.10 Å². The van der Waals surface area contributed by atoms with Gasteiger partial charge in [-0.3, -0.25) is 14.1 Å². The van der Waals surface area contributed by atoms with Crippen LogP contribution in [0.1, 0.15) is 0 Å². The third-order valence-electron chi connectivity index (χ3n) is 5.80. The summed E-state index contributed by atoms with van der Waals surface area (Å²) in [5.74, 6) is -0.317. The molecule has 0 aliphatic heterocycles. The number of pyridine rings is 2. The zero-order valence-corrected chi connectivity index (χ0v) is 22.0. The number of ether oxygens (including phenoxy) is 2. The van der Waals surface area contributed by atoms with Gasteiger partial charge in [-0.2, -0.15) is 5.10 Å². The molecule has 1 N–H and O–H groups in total. The molecular weight excluding hydrogens is 549 g/mol. The van der Waals surface area contributed by atoms with Crippen molar-refractivity contribution in [3.63, 3.8) is 0 Å². The maximum Gasteiger partial charge on any atom is 0.263 e. The van der Waals surface area contributed by atoms with Crippen LogP contribution in [0.15, 0.2) is 82.7 Å². The second kappa shape index (κ2) is 10.3. The molecule has 0 radical (unpaired) electrons. The van der Waals surface area contributed by atoms with Crippen molar-refractivity contribution in [2.24, 2.45) is 0 Å². The molecule has 39 heavy (non-hydrogen) atoms. The van der Waals surface area contributed by atoms with E-state index in [1.54, 1.807) is 6.07 Å². The number of halogens is 2. The summed E-state index contributed by atoms with van der Waals surface area (Å²) in [6.07, 6.45) is 2.79. The zero-order valence-electron chi connectivity index (χ0n) is 20.4. The first-order valence-corrected chi connectivity index (χ1v) is 13.1. The van der Waals surface area contributed by atoms with E-state index in [4.69, 9.17) is 21.1 Å². The molecule has 5 rings (SSSR count). The summed E-state index contributed by atoms with van der Waals surface area (Å²) in [5, 5.41) is 8.07. The van der Waals surface area contributed by atoms with Crippen molar-refractivity contribution in [3.05, 3.63) is 94.3 Å². The Kier molecular flexibility index (Phi) is 6.89. The summed E-state index contributed by atoms with van der Waals surface area (Å²) in [6, 6.07) is 14.0. The fraction of sp³-hybridized carbons (Fsp3) is 0.0769. The molecule has 198 valence electrons. The Labute approximate surface area is 226 Å². The third-order valence-corrected chi connectivity index (χ3v) is 7.36. The van der Waals surface area contributed by atoms with Crippen molar-refractivity contribution in [2.75, 3.05) is 18.9 Å². The fourth-order valence-corrected chi connectivity index (χ4v) is 5.25. The Balaban J connectivity index is 1.65. The minimum absolute atomic E-state index is 0.0504. The summed E-state index contributed by atoms with van der Waals surface area (Å²) < 4.78 is 55.8. The van der Waals surface area contributed by atoms with Gasteiger partial charge >= 0.3 is 0 Å². The fourth-order valence-electron chi connectivity index (χ4n) is 4.06. The molecule has 5 aromatic rings. The van der Waals surface area contributed by atoms with E-state index >= 15 is 4.39 Å². The normalized spacial score (nSPS) is 11.4. The lowest BCUT2D eigenvalue weighted by Gasteiger charge is -2.17. The lowest BCUT2D eigenvalue weighted by atomic mass is 10.0. The van der Waals surface area contributed by atoms with E-state index in [1.807, 2.05) is 0 Å². The van der Waals surface area contributed by atoms with E-state index in [1.165, 1.54) is 79.7 Å². The number of nitrogens with one attached hydrogen (secondary N) is 1. The van der Waals surface area contributed by atoms with Crippen LogP contribution in [0.2, 0.25) is 5.02 Å². The summed E-state index contributed by atoms with van der Waals surface area (Å²) in [4.78, 5) is 17.0. The Bertz CT molecular complexity index is 1880. The monoisotopic (exact) mass is 567 g/mol. The molecule has 0 saturated heterocycles. The van der Waals surface area contributed by atoms with Crippen molar-refractivity contribution in [1.29, 1.82) is 0 Å². The number of methoxy groups -OCH3 is 2. The van der Waals surface area contributed by atoms with Crippen LogP contribution in [0.5, 0.6) is 11.6 Å². The van der Waals surface area contributed by atoms with Crippen molar-refractivity contribution in [3.8, 4) is 28.4 Å². The largest absolute Gasteiger partial charge is 0.495 e. The second-order valence-corrected chi connectivity index (χ2v) is 10.3. The molecule has 0 aliphatic rings. The predicted molar refractivity (Wildman–Crippen MR) is 144 cm³/mol. The van der Waals surface area contributed by atoms with Gasteiger partial charge in [0.2, 0.25) is 5.88 Å². The summed E-state index contributed by atoms with van der Waals surface area (Å²) >= 11 is 6.08. The van der Waals surface area contributed by atoms with E-state index in [2.05, 4.69) is 19.9 Å². The molecule has 2 aromatic carbocycles. The number of hydrogen-bond acceptors (Lipinski definition) is 8. The van der Waals surface area contributed by atoms with Crippen molar-refractivity contribution in [1.82, 2.24) is 19.7 Å². The highest BCUT2D eigenvalue weighted by molar-refractivity contribution is 7.92. The number of nitrogens with zero attached hydrogens (tertiary/aromatic N) is 4. The van der Waals surface area contributed by atoms with Crippen LogP contribution < -0.4 is 19.8 Å². The third kappa shape index (κ3) is 4.99. The lowest BCUT2D eigenvalue weighted by molar-refractivity contribution is 0.399. The van der Waals surface area contributed by atoms with E-state index in [-0.39, 0.29) is 38.6 Å². The minimum atomic E-state index is -4.01. The van der Waals surface area contributed by atoms with Crippen LogP contribution in [0.3, 0.4) is 0 Å². The second-order valence-electron chi connectivity index (χ2n) is 8.16. The van der Waals surface area contributed by atoms with Crippen molar-refractivity contribution < 1.29 is 22.3 Å². The van der Waals surface area contributed by atoms with Crippen LogP contribution in [-0.2, 0) is 10.0 Å². The number of rotatable bonds is 7.